The number of pyridine rings is 1. The lowest BCUT2D eigenvalue weighted by atomic mass is 10.0. The lowest BCUT2D eigenvalue weighted by Gasteiger charge is -2.32. The monoisotopic (exact) mass is 358 g/mol. The van der Waals surface area contributed by atoms with E-state index in [9.17, 15) is 4.79 Å². The molecule has 1 aliphatic rings. The average Bonchev–Trinajstić information content (AvgIpc) is 2.60. The van der Waals surface area contributed by atoms with Crippen molar-refractivity contribution < 1.29 is 9.53 Å². The molecule has 2 heterocycles. The second-order valence-corrected chi connectivity index (χ2v) is 6.84. The summed E-state index contributed by atoms with van der Waals surface area (Å²) in [7, 11) is 0. The molecule has 1 aliphatic heterocycles. The Hall–Kier alpha value is -1.91. The van der Waals surface area contributed by atoms with Gasteiger partial charge in [-0.25, -0.2) is 0 Å². The van der Waals surface area contributed by atoms with Crippen molar-refractivity contribution in [2.75, 3.05) is 19.7 Å². The Bertz CT molecular complexity index is 763. The standard InChI is InChI=1S/C20H23ClN2O2/c1-3-20(24)23-7-8-25-19(13-23)18-12-16(9-14(2)22-18)10-15-5-4-6-17(21)11-15/h4-6,9,11-12,19H,3,7-8,10,13H2,1-2H3. The summed E-state index contributed by atoms with van der Waals surface area (Å²) in [6.45, 7) is 5.66. The molecular formula is C20H23ClN2O2. The Kier molecular flexibility index (Phi) is 5.71. The van der Waals surface area contributed by atoms with E-state index >= 15 is 0 Å². The van der Waals surface area contributed by atoms with E-state index in [1.807, 2.05) is 36.9 Å². The summed E-state index contributed by atoms with van der Waals surface area (Å²) >= 11 is 6.08. The predicted octanol–water partition coefficient (Wildman–Crippen LogP) is 3.94. The molecule has 5 heteroatoms. The summed E-state index contributed by atoms with van der Waals surface area (Å²) in [5.74, 6) is 0.167. The zero-order chi connectivity index (χ0) is 17.8. The molecule has 1 amide bonds. The molecule has 1 aromatic heterocycles. The van der Waals surface area contributed by atoms with Crippen LogP contribution in [0.4, 0.5) is 0 Å². The van der Waals surface area contributed by atoms with E-state index in [1.165, 1.54) is 5.56 Å². The Balaban J connectivity index is 1.80. The number of benzene rings is 1. The molecule has 4 nitrogen and oxygen atoms in total. The number of carbonyl (C=O) groups is 1. The number of aryl methyl sites for hydroxylation is 1. The number of hydrogen-bond acceptors (Lipinski definition) is 3. The molecule has 0 spiro atoms. The summed E-state index contributed by atoms with van der Waals surface area (Å²) in [5.41, 5.74) is 4.19. The SMILES string of the molecule is CCC(=O)N1CCOC(c2cc(Cc3cccc(Cl)c3)cc(C)n2)C1. The fourth-order valence-electron chi connectivity index (χ4n) is 3.20. The van der Waals surface area contributed by atoms with E-state index < -0.39 is 0 Å². The third kappa shape index (κ3) is 4.59. The van der Waals surface area contributed by atoms with Gasteiger partial charge in [0.05, 0.1) is 18.8 Å². The minimum absolute atomic E-state index is 0.165. The molecule has 1 saturated heterocycles. The van der Waals surface area contributed by atoms with Crippen LogP contribution >= 0.6 is 11.6 Å². The highest BCUT2D eigenvalue weighted by atomic mass is 35.5. The quantitative estimate of drug-likeness (QED) is 0.831. The zero-order valence-corrected chi connectivity index (χ0v) is 15.4. The minimum Gasteiger partial charge on any atom is -0.368 e. The van der Waals surface area contributed by atoms with Gasteiger partial charge in [-0.05, 0) is 48.7 Å². The highest BCUT2D eigenvalue weighted by Gasteiger charge is 2.25. The van der Waals surface area contributed by atoms with Crippen molar-refractivity contribution in [3.8, 4) is 0 Å². The fraction of sp³-hybridized carbons (Fsp3) is 0.400. The number of rotatable bonds is 4. The molecule has 1 aromatic carbocycles. The Labute approximate surface area is 153 Å². The molecule has 3 rings (SSSR count). The zero-order valence-electron chi connectivity index (χ0n) is 14.7. The Morgan fingerprint density at radius 2 is 2.16 bits per heavy atom. The topological polar surface area (TPSA) is 42.4 Å². The van der Waals surface area contributed by atoms with Crippen molar-refractivity contribution in [2.45, 2.75) is 32.8 Å². The van der Waals surface area contributed by atoms with Crippen LogP contribution in [0.3, 0.4) is 0 Å². The van der Waals surface area contributed by atoms with Gasteiger partial charge in [0.2, 0.25) is 5.91 Å². The van der Waals surface area contributed by atoms with Crippen LogP contribution in [-0.2, 0) is 16.0 Å². The summed E-state index contributed by atoms with van der Waals surface area (Å²) in [4.78, 5) is 18.5. The van der Waals surface area contributed by atoms with Crippen LogP contribution in [-0.4, -0.2) is 35.5 Å². The van der Waals surface area contributed by atoms with Gasteiger partial charge >= 0.3 is 0 Å². The molecular weight excluding hydrogens is 336 g/mol. The van der Waals surface area contributed by atoms with Crippen LogP contribution in [0.15, 0.2) is 36.4 Å². The lowest BCUT2D eigenvalue weighted by Crippen LogP contribution is -2.42. The maximum absolute atomic E-state index is 12.0. The summed E-state index contributed by atoms with van der Waals surface area (Å²) in [5, 5.41) is 0.743. The molecule has 132 valence electrons. The maximum Gasteiger partial charge on any atom is 0.222 e. The molecule has 1 unspecified atom stereocenters. The van der Waals surface area contributed by atoms with E-state index in [1.54, 1.807) is 0 Å². The fourth-order valence-corrected chi connectivity index (χ4v) is 3.41. The third-order valence-electron chi connectivity index (χ3n) is 4.38. The van der Waals surface area contributed by atoms with Gasteiger partial charge in [-0.2, -0.15) is 0 Å². The molecule has 0 N–H and O–H groups in total. The molecule has 0 saturated carbocycles. The van der Waals surface area contributed by atoms with Crippen LogP contribution in [0.25, 0.3) is 0 Å². The highest BCUT2D eigenvalue weighted by Crippen LogP contribution is 2.24. The molecule has 25 heavy (non-hydrogen) atoms. The number of halogens is 1. The third-order valence-corrected chi connectivity index (χ3v) is 4.62. The van der Waals surface area contributed by atoms with E-state index in [4.69, 9.17) is 16.3 Å². The van der Waals surface area contributed by atoms with Gasteiger partial charge in [-0.15, -0.1) is 0 Å². The number of aromatic nitrogens is 1. The Morgan fingerprint density at radius 3 is 2.92 bits per heavy atom. The summed E-state index contributed by atoms with van der Waals surface area (Å²) in [6.07, 6.45) is 1.15. The van der Waals surface area contributed by atoms with Gasteiger partial charge in [-0.3, -0.25) is 9.78 Å². The minimum atomic E-state index is -0.165. The molecule has 1 atom stereocenters. The molecule has 0 bridgehead atoms. The number of ether oxygens (including phenoxy) is 1. The first-order valence-corrected chi connectivity index (χ1v) is 9.04. The molecule has 0 radical (unpaired) electrons. The first-order chi connectivity index (χ1) is 12.0. The van der Waals surface area contributed by atoms with Crippen LogP contribution in [0, 0.1) is 6.92 Å². The van der Waals surface area contributed by atoms with Gasteiger partial charge in [-0.1, -0.05) is 30.7 Å². The molecule has 2 aromatic rings. The normalized spacial score (nSPS) is 17.6. The van der Waals surface area contributed by atoms with Crippen LogP contribution in [0.2, 0.25) is 5.02 Å². The molecule has 1 fully saturated rings. The average molecular weight is 359 g/mol. The van der Waals surface area contributed by atoms with Crippen LogP contribution in [0.1, 0.15) is 42.0 Å². The van der Waals surface area contributed by atoms with Crippen LogP contribution in [0.5, 0.6) is 0 Å². The lowest BCUT2D eigenvalue weighted by molar-refractivity contribution is -0.138. The second kappa shape index (κ2) is 7.98. The van der Waals surface area contributed by atoms with Crippen molar-refractivity contribution in [3.05, 3.63) is 63.9 Å². The summed E-state index contributed by atoms with van der Waals surface area (Å²) < 4.78 is 5.89. The van der Waals surface area contributed by atoms with E-state index in [0.29, 0.717) is 26.1 Å². The van der Waals surface area contributed by atoms with Crippen LogP contribution < -0.4 is 0 Å². The van der Waals surface area contributed by atoms with E-state index in [2.05, 4.69) is 23.2 Å². The van der Waals surface area contributed by atoms with Crippen molar-refractivity contribution >= 4 is 17.5 Å². The van der Waals surface area contributed by atoms with Gasteiger partial charge in [0, 0.05) is 23.7 Å². The number of morpholine rings is 1. The molecule has 0 aliphatic carbocycles. The number of carbonyl (C=O) groups excluding carboxylic acids is 1. The number of amides is 1. The van der Waals surface area contributed by atoms with Crippen molar-refractivity contribution in [3.63, 3.8) is 0 Å². The maximum atomic E-state index is 12.0. The van der Waals surface area contributed by atoms with E-state index in [-0.39, 0.29) is 12.0 Å². The van der Waals surface area contributed by atoms with Gasteiger partial charge in [0.15, 0.2) is 0 Å². The number of nitrogens with zero attached hydrogens (tertiary/aromatic N) is 2. The smallest absolute Gasteiger partial charge is 0.222 e. The van der Waals surface area contributed by atoms with Crippen molar-refractivity contribution in [1.29, 1.82) is 0 Å². The van der Waals surface area contributed by atoms with Gasteiger partial charge in [0.1, 0.15) is 6.10 Å². The predicted molar refractivity (Wildman–Crippen MR) is 98.8 cm³/mol. The van der Waals surface area contributed by atoms with Gasteiger partial charge < -0.3 is 9.64 Å². The first-order valence-electron chi connectivity index (χ1n) is 8.66. The highest BCUT2D eigenvalue weighted by molar-refractivity contribution is 6.30. The van der Waals surface area contributed by atoms with E-state index in [0.717, 1.165) is 28.4 Å². The second-order valence-electron chi connectivity index (χ2n) is 6.40. The largest absolute Gasteiger partial charge is 0.368 e. The first kappa shape index (κ1) is 17.9. The van der Waals surface area contributed by atoms with Crippen molar-refractivity contribution in [2.24, 2.45) is 0 Å². The Morgan fingerprint density at radius 1 is 1.32 bits per heavy atom. The summed E-state index contributed by atoms with van der Waals surface area (Å²) in [6, 6.07) is 12.1. The van der Waals surface area contributed by atoms with Gasteiger partial charge in [0.25, 0.3) is 0 Å². The van der Waals surface area contributed by atoms with Crippen molar-refractivity contribution in [1.82, 2.24) is 9.88 Å². The number of hydrogen-bond donors (Lipinski definition) is 0.